The SMILES string of the molecule is c1ccc(N(c2ccccc2)c2ccc3c4cc5c6c(c4n(-c4ccccc4)c3c2)Oc2ccccc2B6c2ccccc2O5)cc1. The second kappa shape index (κ2) is 10.2. The lowest BCUT2D eigenvalue weighted by atomic mass is 9.35. The summed E-state index contributed by atoms with van der Waals surface area (Å²) >= 11 is 0. The number of benzene rings is 7. The molecule has 0 spiro atoms. The number of nitrogens with zero attached hydrogens (tertiary/aromatic N) is 2. The highest BCUT2D eigenvalue weighted by molar-refractivity contribution is 6.98. The average Bonchev–Trinajstić information content (AvgIpc) is 3.46. The van der Waals surface area contributed by atoms with E-state index in [2.05, 4.69) is 167 Å². The Morgan fingerprint density at radius 3 is 1.70 bits per heavy atom. The molecule has 7 aromatic carbocycles. The van der Waals surface area contributed by atoms with Crippen LogP contribution in [-0.4, -0.2) is 11.3 Å². The number of anilines is 3. The van der Waals surface area contributed by atoms with Gasteiger partial charge in [0.05, 0.1) is 11.0 Å². The first kappa shape index (κ1) is 26.1. The third kappa shape index (κ3) is 3.90. The van der Waals surface area contributed by atoms with E-state index >= 15 is 0 Å². The van der Waals surface area contributed by atoms with E-state index in [0.717, 1.165) is 83.9 Å². The molecule has 0 N–H and O–H groups in total. The predicted octanol–water partition coefficient (Wildman–Crippen LogP) is 8.98. The Balaban J connectivity index is 1.30. The van der Waals surface area contributed by atoms with Crippen molar-refractivity contribution in [2.75, 3.05) is 4.90 Å². The summed E-state index contributed by atoms with van der Waals surface area (Å²) in [5, 5.41) is 2.22. The first-order valence-electron chi connectivity index (χ1n) is 16.0. The van der Waals surface area contributed by atoms with Gasteiger partial charge in [-0.15, -0.1) is 0 Å². The van der Waals surface area contributed by atoms with Crippen LogP contribution in [0.1, 0.15) is 0 Å². The van der Waals surface area contributed by atoms with Gasteiger partial charge in [0.2, 0.25) is 0 Å². The Morgan fingerprint density at radius 2 is 1.04 bits per heavy atom. The molecular weight excluding hydrogens is 575 g/mol. The zero-order valence-electron chi connectivity index (χ0n) is 25.4. The third-order valence-electron chi connectivity index (χ3n) is 9.47. The molecule has 4 nitrogen and oxygen atoms in total. The van der Waals surface area contributed by atoms with Crippen molar-refractivity contribution in [1.29, 1.82) is 0 Å². The summed E-state index contributed by atoms with van der Waals surface area (Å²) < 4.78 is 16.0. The quantitative estimate of drug-likeness (QED) is 0.188. The molecule has 0 fully saturated rings. The number of rotatable bonds is 4. The highest BCUT2D eigenvalue weighted by Crippen LogP contribution is 2.46. The van der Waals surface area contributed by atoms with E-state index in [0.29, 0.717) is 0 Å². The monoisotopic (exact) mass is 602 g/mol. The first-order valence-corrected chi connectivity index (χ1v) is 16.0. The average molecular weight is 603 g/mol. The molecule has 10 rings (SSSR count). The van der Waals surface area contributed by atoms with E-state index in [9.17, 15) is 0 Å². The lowest BCUT2D eigenvalue weighted by Gasteiger charge is -2.33. The van der Waals surface area contributed by atoms with E-state index in [4.69, 9.17) is 9.47 Å². The van der Waals surface area contributed by atoms with Crippen molar-refractivity contribution in [2.45, 2.75) is 0 Å². The number of ether oxygens (including phenoxy) is 2. The molecule has 5 heteroatoms. The van der Waals surface area contributed by atoms with Gasteiger partial charge in [0, 0.05) is 39.0 Å². The van der Waals surface area contributed by atoms with E-state index in [1.807, 2.05) is 6.07 Å². The maximum absolute atomic E-state index is 6.95. The summed E-state index contributed by atoms with van der Waals surface area (Å²) in [5.41, 5.74) is 9.85. The van der Waals surface area contributed by atoms with Crippen LogP contribution in [0.5, 0.6) is 23.0 Å². The molecule has 0 bridgehead atoms. The van der Waals surface area contributed by atoms with Crippen molar-refractivity contribution in [1.82, 2.24) is 4.57 Å². The van der Waals surface area contributed by atoms with E-state index in [-0.39, 0.29) is 6.71 Å². The molecule has 1 aromatic heterocycles. The van der Waals surface area contributed by atoms with Crippen molar-refractivity contribution >= 4 is 62.0 Å². The van der Waals surface area contributed by atoms with Crippen LogP contribution in [-0.2, 0) is 0 Å². The molecule has 0 unspecified atom stereocenters. The molecule has 8 aromatic rings. The molecule has 2 aliphatic heterocycles. The molecule has 47 heavy (non-hydrogen) atoms. The molecule has 0 radical (unpaired) electrons. The number of aromatic nitrogens is 1. The van der Waals surface area contributed by atoms with Crippen LogP contribution in [0.25, 0.3) is 27.5 Å². The number of fused-ring (bicyclic) bond motifs is 8. The zero-order chi connectivity index (χ0) is 30.9. The highest BCUT2D eigenvalue weighted by atomic mass is 16.5. The smallest absolute Gasteiger partial charge is 0.260 e. The minimum Gasteiger partial charge on any atom is -0.458 e. The van der Waals surface area contributed by atoms with Crippen molar-refractivity contribution in [2.24, 2.45) is 0 Å². The van der Waals surface area contributed by atoms with Gasteiger partial charge in [0.1, 0.15) is 17.2 Å². The van der Waals surface area contributed by atoms with E-state index < -0.39 is 0 Å². The zero-order valence-corrected chi connectivity index (χ0v) is 25.4. The third-order valence-corrected chi connectivity index (χ3v) is 9.47. The molecule has 0 saturated carbocycles. The Morgan fingerprint density at radius 1 is 0.468 bits per heavy atom. The Kier molecular flexibility index (Phi) is 5.63. The minimum atomic E-state index is 0.00347. The van der Waals surface area contributed by atoms with Crippen LogP contribution in [0, 0.1) is 0 Å². The standard InChI is InChI=1S/C42H27BN2O2/c1-4-14-28(15-5-1)44(29-16-6-2-7-17-29)31-24-25-32-33-27-39-40-42(41(33)45(36(32)26-31)30-18-8-3-9-19-30)47-38-23-13-11-21-35(38)43(40)34-20-10-12-22-37(34)46-39/h1-27H. The van der Waals surface area contributed by atoms with Crippen LogP contribution >= 0.6 is 0 Å². The molecule has 0 amide bonds. The normalized spacial score (nSPS) is 12.6. The summed E-state index contributed by atoms with van der Waals surface area (Å²) in [6.45, 7) is 0.00347. The molecular formula is C42H27BN2O2. The minimum absolute atomic E-state index is 0.00347. The maximum Gasteiger partial charge on any atom is 0.260 e. The predicted molar refractivity (Wildman–Crippen MR) is 193 cm³/mol. The van der Waals surface area contributed by atoms with Crippen molar-refractivity contribution in [3.63, 3.8) is 0 Å². The van der Waals surface area contributed by atoms with E-state index in [1.54, 1.807) is 0 Å². The first-order chi connectivity index (χ1) is 23.3. The van der Waals surface area contributed by atoms with Crippen molar-refractivity contribution in [3.8, 4) is 28.7 Å². The molecule has 3 heterocycles. The molecule has 2 aliphatic rings. The highest BCUT2D eigenvalue weighted by Gasteiger charge is 2.41. The van der Waals surface area contributed by atoms with Gasteiger partial charge in [-0.2, -0.15) is 0 Å². The van der Waals surface area contributed by atoms with Gasteiger partial charge >= 0.3 is 0 Å². The summed E-state index contributed by atoms with van der Waals surface area (Å²) in [6.07, 6.45) is 0. The van der Waals surface area contributed by atoms with Crippen LogP contribution in [0.15, 0.2) is 164 Å². The van der Waals surface area contributed by atoms with Gasteiger partial charge < -0.3 is 18.9 Å². The Bertz CT molecular complexity index is 2420. The fourth-order valence-corrected chi connectivity index (χ4v) is 7.50. The van der Waals surface area contributed by atoms with Crippen LogP contribution in [0.4, 0.5) is 17.1 Å². The summed E-state index contributed by atoms with van der Waals surface area (Å²) in [5.74, 6) is 3.46. The molecule has 220 valence electrons. The summed E-state index contributed by atoms with van der Waals surface area (Å²) in [6, 6.07) is 57.5. The topological polar surface area (TPSA) is 26.6 Å². The summed E-state index contributed by atoms with van der Waals surface area (Å²) in [4.78, 5) is 2.31. The van der Waals surface area contributed by atoms with Gasteiger partial charge in [-0.25, -0.2) is 0 Å². The lowest BCUT2D eigenvalue weighted by Crippen LogP contribution is -2.57. The molecule has 0 aliphatic carbocycles. The van der Waals surface area contributed by atoms with Gasteiger partial charge in [0.25, 0.3) is 6.71 Å². The van der Waals surface area contributed by atoms with Crippen LogP contribution in [0.2, 0.25) is 0 Å². The number of hydrogen-bond acceptors (Lipinski definition) is 3. The van der Waals surface area contributed by atoms with Gasteiger partial charge in [-0.05, 0) is 77.7 Å². The Labute approximate surface area is 272 Å². The fourth-order valence-electron chi connectivity index (χ4n) is 7.50. The maximum atomic E-state index is 6.95. The second-order valence-electron chi connectivity index (χ2n) is 12.1. The molecule has 0 atom stereocenters. The number of hydrogen-bond donors (Lipinski definition) is 0. The van der Waals surface area contributed by atoms with Gasteiger partial charge in [-0.1, -0.05) is 97.1 Å². The summed E-state index contributed by atoms with van der Waals surface area (Å²) in [7, 11) is 0. The second-order valence-corrected chi connectivity index (χ2v) is 12.1. The lowest BCUT2D eigenvalue weighted by molar-refractivity contribution is 0.467. The van der Waals surface area contributed by atoms with Crippen LogP contribution in [0.3, 0.4) is 0 Å². The Hall–Kier alpha value is -6.20. The van der Waals surface area contributed by atoms with Gasteiger partial charge in [-0.3, -0.25) is 0 Å². The molecule has 0 saturated heterocycles. The largest absolute Gasteiger partial charge is 0.458 e. The van der Waals surface area contributed by atoms with Gasteiger partial charge in [0.15, 0.2) is 5.75 Å². The van der Waals surface area contributed by atoms with Crippen molar-refractivity contribution in [3.05, 3.63) is 164 Å². The number of para-hydroxylation sites is 5. The van der Waals surface area contributed by atoms with Crippen molar-refractivity contribution < 1.29 is 9.47 Å². The van der Waals surface area contributed by atoms with E-state index in [1.165, 1.54) is 0 Å². The fraction of sp³-hybridized carbons (Fsp3) is 0. The van der Waals surface area contributed by atoms with Crippen LogP contribution < -0.4 is 30.8 Å².